The zero-order valence-corrected chi connectivity index (χ0v) is 7.08. The van der Waals surface area contributed by atoms with Gasteiger partial charge in [-0.2, -0.15) is 0 Å². The molecule has 0 aliphatic carbocycles. The monoisotopic (exact) mass is 236 g/mol. The molecular weight excluding hydrogens is 229 g/mol. The number of hydrogen-bond donors (Lipinski definition) is 1. The first-order valence-electron chi connectivity index (χ1n) is 1.57. The Hall–Kier alpha value is 0.640. The van der Waals surface area contributed by atoms with Gasteiger partial charge in [-0.3, -0.25) is 0 Å². The van der Waals surface area contributed by atoms with E-state index in [2.05, 4.69) is 4.72 Å². The summed E-state index contributed by atoms with van der Waals surface area (Å²) >= 11 is -0.678. The SMILES string of the molecule is CNS(=O)(=O)[I-]C. The molecule has 7 heavy (non-hydrogen) atoms. The summed E-state index contributed by atoms with van der Waals surface area (Å²) in [6, 6.07) is 0. The van der Waals surface area contributed by atoms with E-state index in [-0.39, 0.29) is 0 Å². The molecule has 0 saturated heterocycles. The fraction of sp³-hybridized carbons (Fsp3) is 1.00. The van der Waals surface area contributed by atoms with Crippen molar-refractivity contribution < 1.29 is 28.2 Å². The van der Waals surface area contributed by atoms with Crippen molar-refractivity contribution in [3.05, 3.63) is 0 Å². The molecule has 0 saturated carbocycles. The third-order valence-corrected chi connectivity index (χ3v) is 6.14. The van der Waals surface area contributed by atoms with E-state index in [4.69, 9.17) is 0 Å². The van der Waals surface area contributed by atoms with Crippen LogP contribution >= 0.6 is 0 Å². The molecule has 0 rings (SSSR count). The van der Waals surface area contributed by atoms with Gasteiger partial charge in [-0.25, -0.2) is 0 Å². The fourth-order valence-electron chi connectivity index (χ4n) is 0.0772. The first kappa shape index (κ1) is 7.64. The summed E-state index contributed by atoms with van der Waals surface area (Å²) in [4.78, 5) is 1.70. The van der Waals surface area contributed by atoms with E-state index in [0.717, 1.165) is 0 Å². The Morgan fingerprint density at radius 3 is 2.00 bits per heavy atom. The molecule has 0 radical (unpaired) electrons. The van der Waals surface area contributed by atoms with Gasteiger partial charge < -0.3 is 0 Å². The molecule has 46 valence electrons. The predicted molar refractivity (Wildman–Crippen MR) is 23.9 cm³/mol. The number of rotatable bonds is 2. The molecule has 0 aromatic rings. The first-order chi connectivity index (χ1) is 3.12. The van der Waals surface area contributed by atoms with Crippen molar-refractivity contribution in [3.63, 3.8) is 0 Å². The second-order valence-corrected chi connectivity index (χ2v) is 8.51. The summed E-state index contributed by atoms with van der Waals surface area (Å²) < 4.78 is 22.8. The maximum absolute atomic E-state index is 10.3. The van der Waals surface area contributed by atoms with Crippen LogP contribution in [0.2, 0.25) is 0 Å². The topological polar surface area (TPSA) is 46.2 Å². The minimum absolute atomic E-state index is 0.678. The zero-order valence-electron chi connectivity index (χ0n) is 4.10. The van der Waals surface area contributed by atoms with E-state index in [0.29, 0.717) is 0 Å². The summed E-state index contributed by atoms with van der Waals surface area (Å²) in [7, 11) is -1.37. The Kier molecular flexibility index (Phi) is 3.09. The quantitative estimate of drug-likeness (QED) is 0.303. The van der Waals surface area contributed by atoms with Crippen LogP contribution in [0.1, 0.15) is 0 Å². The van der Waals surface area contributed by atoms with Crippen LogP contribution in [-0.2, 0) is 7.19 Å². The summed E-state index contributed by atoms with van der Waals surface area (Å²) in [5.74, 6) is 0. The van der Waals surface area contributed by atoms with E-state index < -0.39 is 27.0 Å². The standard InChI is InChI=1S/C2H7INO2S/c1-3-7(5,6)4-2/h4H,1-2H3/q-1. The van der Waals surface area contributed by atoms with Gasteiger partial charge in [0.15, 0.2) is 0 Å². The Labute approximate surface area is 52.2 Å². The van der Waals surface area contributed by atoms with Crippen molar-refractivity contribution in [2.75, 3.05) is 12.0 Å². The summed E-state index contributed by atoms with van der Waals surface area (Å²) in [5.41, 5.74) is 0. The molecule has 0 aromatic carbocycles. The Bertz CT molecular complexity index is 119. The van der Waals surface area contributed by atoms with Crippen LogP contribution < -0.4 is 24.5 Å². The number of hydrogen-bond acceptors (Lipinski definition) is 2. The number of halogens is 1. The third kappa shape index (κ3) is 3.24. The van der Waals surface area contributed by atoms with Crippen molar-refractivity contribution in [2.45, 2.75) is 0 Å². The Morgan fingerprint density at radius 1 is 1.57 bits per heavy atom. The van der Waals surface area contributed by atoms with Crippen molar-refractivity contribution >= 4 is 7.19 Å². The molecule has 0 atom stereocenters. The molecule has 0 aliphatic rings. The molecule has 0 fully saturated rings. The molecular formula is C2H7INO2S-. The molecule has 0 aromatic heterocycles. The normalized spacial score (nSPS) is 12.3. The van der Waals surface area contributed by atoms with Gasteiger partial charge in [0, 0.05) is 0 Å². The van der Waals surface area contributed by atoms with Gasteiger partial charge in [0.2, 0.25) is 0 Å². The summed E-state index contributed by atoms with van der Waals surface area (Å²) in [5, 5.41) is 0. The zero-order chi connectivity index (χ0) is 5.91. The van der Waals surface area contributed by atoms with E-state index in [1.54, 1.807) is 4.93 Å². The van der Waals surface area contributed by atoms with Gasteiger partial charge in [-0.05, 0) is 0 Å². The van der Waals surface area contributed by atoms with Gasteiger partial charge in [0.25, 0.3) is 0 Å². The summed E-state index contributed by atoms with van der Waals surface area (Å²) in [6.45, 7) is 0. The fourth-order valence-corrected chi connectivity index (χ4v) is 1.55. The van der Waals surface area contributed by atoms with Crippen molar-refractivity contribution in [1.82, 2.24) is 4.72 Å². The van der Waals surface area contributed by atoms with Crippen LogP contribution in [0.15, 0.2) is 0 Å². The van der Waals surface area contributed by atoms with E-state index >= 15 is 0 Å². The third-order valence-electron chi connectivity index (χ3n) is 0.447. The number of nitrogens with one attached hydrogen (secondary N) is 1. The van der Waals surface area contributed by atoms with Crippen LogP contribution in [-0.4, -0.2) is 20.4 Å². The molecule has 0 heterocycles. The van der Waals surface area contributed by atoms with E-state index in [1.165, 1.54) is 7.05 Å². The van der Waals surface area contributed by atoms with Crippen LogP contribution in [0.5, 0.6) is 0 Å². The second kappa shape index (κ2) is 2.83. The summed E-state index contributed by atoms with van der Waals surface area (Å²) in [6.07, 6.45) is 0. The molecule has 0 bridgehead atoms. The first-order valence-corrected chi connectivity index (χ1v) is 7.75. The van der Waals surface area contributed by atoms with Crippen molar-refractivity contribution in [3.8, 4) is 0 Å². The van der Waals surface area contributed by atoms with Gasteiger partial charge in [-0.1, -0.05) is 0 Å². The minimum atomic E-state index is -2.80. The predicted octanol–water partition coefficient (Wildman–Crippen LogP) is -3.83. The Morgan fingerprint density at radius 2 is 2.00 bits per heavy atom. The average molecular weight is 236 g/mol. The molecule has 0 spiro atoms. The van der Waals surface area contributed by atoms with E-state index in [9.17, 15) is 8.42 Å². The van der Waals surface area contributed by atoms with Gasteiger partial charge in [0.1, 0.15) is 0 Å². The molecule has 1 N–H and O–H groups in total. The molecule has 5 heteroatoms. The molecule has 3 nitrogen and oxygen atoms in total. The van der Waals surface area contributed by atoms with Gasteiger partial charge in [-0.15, -0.1) is 0 Å². The van der Waals surface area contributed by atoms with Crippen LogP contribution in [0.25, 0.3) is 0 Å². The van der Waals surface area contributed by atoms with E-state index in [1.807, 2.05) is 0 Å². The molecule has 0 unspecified atom stereocenters. The Balaban J connectivity index is 3.89. The second-order valence-electron chi connectivity index (χ2n) is 0.796. The molecule has 0 aliphatic heterocycles. The van der Waals surface area contributed by atoms with Crippen molar-refractivity contribution in [2.24, 2.45) is 0 Å². The average Bonchev–Trinajstić information content (AvgIpc) is 1.68. The van der Waals surface area contributed by atoms with Gasteiger partial charge in [0.05, 0.1) is 0 Å². The maximum atomic E-state index is 10.3. The van der Waals surface area contributed by atoms with Crippen LogP contribution in [0.4, 0.5) is 0 Å². The molecule has 0 amide bonds. The van der Waals surface area contributed by atoms with Gasteiger partial charge >= 0.3 is 52.1 Å². The van der Waals surface area contributed by atoms with Crippen LogP contribution in [0.3, 0.4) is 0 Å². The van der Waals surface area contributed by atoms with Crippen molar-refractivity contribution in [1.29, 1.82) is 0 Å². The van der Waals surface area contributed by atoms with Crippen LogP contribution in [0, 0.1) is 0 Å². The number of alkyl halides is 1.